The minimum absolute atomic E-state index is 0.683. The summed E-state index contributed by atoms with van der Waals surface area (Å²) >= 11 is 0. The van der Waals surface area contributed by atoms with Crippen molar-refractivity contribution in [1.82, 2.24) is 9.97 Å². The summed E-state index contributed by atoms with van der Waals surface area (Å²) in [5.41, 5.74) is 15.6. The maximum atomic E-state index is 6.19. The SMILES string of the molecule is c1ccc(-c2cccc(-c3cccc(-c4cc(-c5cc(-c6ccccc6)cc(-c6ccc7oc8ccccc8c7c6)c5)nc(-c5ccccc5)n4)c3)c2)cc1. The Morgan fingerprint density at radius 1 is 0.255 bits per heavy atom. The molecule has 0 aliphatic heterocycles. The van der Waals surface area contributed by atoms with Crippen LogP contribution in [-0.4, -0.2) is 9.97 Å². The molecule has 3 heteroatoms. The average molecular weight is 703 g/mol. The average Bonchev–Trinajstić information content (AvgIpc) is 3.65. The molecule has 2 heterocycles. The van der Waals surface area contributed by atoms with E-state index in [0.717, 1.165) is 83.4 Å². The van der Waals surface area contributed by atoms with E-state index in [1.165, 1.54) is 11.1 Å². The van der Waals surface area contributed by atoms with E-state index in [0.29, 0.717) is 5.82 Å². The molecule has 258 valence electrons. The predicted molar refractivity (Wildman–Crippen MR) is 227 cm³/mol. The molecule has 55 heavy (non-hydrogen) atoms. The van der Waals surface area contributed by atoms with E-state index < -0.39 is 0 Å². The van der Waals surface area contributed by atoms with Crippen molar-refractivity contribution in [2.45, 2.75) is 0 Å². The minimum atomic E-state index is 0.683. The number of furan rings is 1. The van der Waals surface area contributed by atoms with Gasteiger partial charge < -0.3 is 4.42 Å². The number of hydrogen-bond acceptors (Lipinski definition) is 3. The quantitative estimate of drug-likeness (QED) is 0.166. The Morgan fingerprint density at radius 3 is 1.38 bits per heavy atom. The first-order valence-electron chi connectivity index (χ1n) is 18.6. The van der Waals surface area contributed by atoms with Gasteiger partial charge in [-0.3, -0.25) is 0 Å². The van der Waals surface area contributed by atoms with Crippen LogP contribution in [0.2, 0.25) is 0 Å². The number of rotatable bonds is 7. The summed E-state index contributed by atoms with van der Waals surface area (Å²) in [5.74, 6) is 0.683. The molecule has 0 unspecified atom stereocenters. The van der Waals surface area contributed by atoms with Crippen molar-refractivity contribution in [3.8, 4) is 78.4 Å². The first-order chi connectivity index (χ1) is 27.2. The lowest BCUT2D eigenvalue weighted by Gasteiger charge is -2.14. The van der Waals surface area contributed by atoms with Crippen molar-refractivity contribution in [1.29, 1.82) is 0 Å². The van der Waals surface area contributed by atoms with Crippen molar-refractivity contribution < 1.29 is 4.42 Å². The first kappa shape index (κ1) is 32.3. The van der Waals surface area contributed by atoms with Crippen LogP contribution in [0.25, 0.3) is 100 Å². The Morgan fingerprint density at radius 2 is 0.691 bits per heavy atom. The fourth-order valence-electron chi connectivity index (χ4n) is 7.47. The van der Waals surface area contributed by atoms with Crippen LogP contribution in [0.1, 0.15) is 0 Å². The second kappa shape index (κ2) is 13.9. The van der Waals surface area contributed by atoms with E-state index in [2.05, 4.69) is 176 Å². The van der Waals surface area contributed by atoms with Crippen LogP contribution in [-0.2, 0) is 0 Å². The van der Waals surface area contributed by atoms with Crippen molar-refractivity contribution in [3.05, 3.63) is 206 Å². The summed E-state index contributed by atoms with van der Waals surface area (Å²) < 4.78 is 6.19. The van der Waals surface area contributed by atoms with Gasteiger partial charge in [-0.05, 0) is 99.1 Å². The zero-order valence-electron chi connectivity index (χ0n) is 29.9. The molecule has 0 atom stereocenters. The fourth-order valence-corrected chi connectivity index (χ4v) is 7.47. The molecule has 10 aromatic rings. The highest BCUT2D eigenvalue weighted by Gasteiger charge is 2.15. The number of benzene rings is 8. The molecule has 0 saturated heterocycles. The van der Waals surface area contributed by atoms with Crippen LogP contribution in [0.3, 0.4) is 0 Å². The maximum absolute atomic E-state index is 6.19. The number of fused-ring (bicyclic) bond motifs is 3. The topological polar surface area (TPSA) is 38.9 Å². The van der Waals surface area contributed by atoms with Crippen LogP contribution in [0, 0.1) is 0 Å². The Kier molecular flexibility index (Phi) is 8.16. The van der Waals surface area contributed by atoms with E-state index in [1.54, 1.807) is 0 Å². The molecular formula is C52H34N2O. The van der Waals surface area contributed by atoms with Crippen LogP contribution >= 0.6 is 0 Å². The van der Waals surface area contributed by atoms with E-state index in [1.807, 2.05) is 30.3 Å². The van der Waals surface area contributed by atoms with E-state index >= 15 is 0 Å². The molecule has 0 spiro atoms. The van der Waals surface area contributed by atoms with Gasteiger partial charge in [0.15, 0.2) is 5.82 Å². The lowest BCUT2D eigenvalue weighted by molar-refractivity contribution is 0.669. The lowest BCUT2D eigenvalue weighted by atomic mass is 9.93. The first-order valence-corrected chi connectivity index (χ1v) is 18.6. The molecule has 0 saturated carbocycles. The molecule has 0 bridgehead atoms. The number of nitrogens with zero attached hydrogens (tertiary/aromatic N) is 2. The van der Waals surface area contributed by atoms with Crippen LogP contribution in [0.4, 0.5) is 0 Å². The highest BCUT2D eigenvalue weighted by atomic mass is 16.3. The molecule has 0 radical (unpaired) electrons. The molecule has 0 amide bonds. The van der Waals surface area contributed by atoms with Crippen molar-refractivity contribution in [3.63, 3.8) is 0 Å². The van der Waals surface area contributed by atoms with Crippen LogP contribution in [0.5, 0.6) is 0 Å². The van der Waals surface area contributed by atoms with E-state index in [9.17, 15) is 0 Å². The van der Waals surface area contributed by atoms with E-state index in [4.69, 9.17) is 14.4 Å². The molecular weight excluding hydrogens is 669 g/mol. The molecule has 0 fully saturated rings. The van der Waals surface area contributed by atoms with Gasteiger partial charge in [0.2, 0.25) is 0 Å². The van der Waals surface area contributed by atoms with Gasteiger partial charge >= 0.3 is 0 Å². The summed E-state index contributed by atoms with van der Waals surface area (Å²) in [4.78, 5) is 10.4. The fraction of sp³-hybridized carbons (Fsp3) is 0. The number of hydrogen-bond donors (Lipinski definition) is 0. The van der Waals surface area contributed by atoms with Gasteiger partial charge in [-0.1, -0.05) is 152 Å². The molecule has 3 nitrogen and oxygen atoms in total. The highest BCUT2D eigenvalue weighted by Crippen LogP contribution is 2.38. The van der Waals surface area contributed by atoms with Gasteiger partial charge in [-0.2, -0.15) is 0 Å². The molecule has 0 aliphatic carbocycles. The third-order valence-corrected chi connectivity index (χ3v) is 10.3. The zero-order chi connectivity index (χ0) is 36.6. The molecule has 2 aromatic heterocycles. The number of aromatic nitrogens is 2. The molecule has 0 N–H and O–H groups in total. The Hall–Kier alpha value is -7.36. The van der Waals surface area contributed by atoms with Crippen LogP contribution in [0.15, 0.2) is 211 Å². The van der Waals surface area contributed by atoms with Gasteiger partial charge in [0, 0.05) is 27.5 Å². The lowest BCUT2D eigenvalue weighted by Crippen LogP contribution is -1.97. The zero-order valence-corrected chi connectivity index (χ0v) is 29.9. The third-order valence-electron chi connectivity index (χ3n) is 10.3. The van der Waals surface area contributed by atoms with Gasteiger partial charge in [0.05, 0.1) is 11.4 Å². The van der Waals surface area contributed by atoms with Crippen molar-refractivity contribution in [2.75, 3.05) is 0 Å². The maximum Gasteiger partial charge on any atom is 0.160 e. The van der Waals surface area contributed by atoms with Crippen molar-refractivity contribution in [2.24, 2.45) is 0 Å². The summed E-state index contributed by atoms with van der Waals surface area (Å²) in [6.45, 7) is 0. The van der Waals surface area contributed by atoms with Crippen LogP contribution < -0.4 is 0 Å². The predicted octanol–water partition coefficient (Wildman–Crippen LogP) is 14.0. The third kappa shape index (κ3) is 6.39. The van der Waals surface area contributed by atoms with Gasteiger partial charge in [-0.25, -0.2) is 9.97 Å². The summed E-state index contributed by atoms with van der Waals surface area (Å²) in [6.07, 6.45) is 0. The molecule has 0 aliphatic rings. The largest absolute Gasteiger partial charge is 0.456 e. The standard InChI is InChI=1S/C52H34N2O/c1-4-14-35(15-5-1)38-20-12-21-39(28-38)40-22-13-23-42(29-40)48-34-49(54-52(53-48)37-18-8-3-9-19-37)45-31-43(36-16-6-2-7-17-36)30-44(32-45)41-26-27-51-47(33-41)46-24-10-11-25-50(46)55-51/h1-34H. The van der Waals surface area contributed by atoms with Crippen molar-refractivity contribution >= 4 is 21.9 Å². The Bertz CT molecular complexity index is 2970. The monoisotopic (exact) mass is 702 g/mol. The van der Waals surface area contributed by atoms with Gasteiger partial charge in [0.1, 0.15) is 11.2 Å². The minimum Gasteiger partial charge on any atom is -0.456 e. The van der Waals surface area contributed by atoms with Gasteiger partial charge in [0.25, 0.3) is 0 Å². The highest BCUT2D eigenvalue weighted by molar-refractivity contribution is 6.06. The molecule has 10 rings (SSSR count). The Balaban J connectivity index is 1.13. The smallest absolute Gasteiger partial charge is 0.160 e. The number of para-hydroxylation sites is 1. The normalized spacial score (nSPS) is 11.3. The molecule has 8 aromatic carbocycles. The second-order valence-electron chi connectivity index (χ2n) is 13.8. The summed E-state index contributed by atoms with van der Waals surface area (Å²) in [5, 5.41) is 2.21. The summed E-state index contributed by atoms with van der Waals surface area (Å²) in [6, 6.07) is 72.3. The van der Waals surface area contributed by atoms with Gasteiger partial charge in [-0.15, -0.1) is 0 Å². The second-order valence-corrected chi connectivity index (χ2v) is 13.8. The summed E-state index contributed by atoms with van der Waals surface area (Å²) in [7, 11) is 0. The Labute approximate surface area is 319 Å². The van der Waals surface area contributed by atoms with E-state index in [-0.39, 0.29) is 0 Å².